The normalized spacial score (nSPS) is 10.6. The van der Waals surface area contributed by atoms with E-state index in [0.29, 0.717) is 49.5 Å². The molecular formula is C43H44N6O4. The van der Waals surface area contributed by atoms with E-state index >= 15 is 0 Å². The molecule has 0 saturated carbocycles. The number of aryl methyl sites for hydroxylation is 3. The second-order valence-electron chi connectivity index (χ2n) is 12.3. The van der Waals surface area contributed by atoms with Gasteiger partial charge in [0.05, 0.1) is 24.1 Å². The third kappa shape index (κ3) is 9.42. The molecule has 0 fully saturated rings. The molecule has 7 aromatic rings. The third-order valence-corrected chi connectivity index (χ3v) is 8.57. The van der Waals surface area contributed by atoms with Gasteiger partial charge in [-0.3, -0.25) is 0 Å². The van der Waals surface area contributed by atoms with Gasteiger partial charge in [-0.25, -0.2) is 15.0 Å². The molecule has 4 aromatic carbocycles. The third-order valence-electron chi connectivity index (χ3n) is 8.57. The Hall–Kier alpha value is -6.55. The highest BCUT2D eigenvalue weighted by atomic mass is 16.5. The van der Waals surface area contributed by atoms with E-state index in [2.05, 4.69) is 31.8 Å². The molecule has 0 atom stereocenters. The Morgan fingerprint density at radius 2 is 1.06 bits per heavy atom. The van der Waals surface area contributed by atoms with Crippen molar-refractivity contribution in [1.82, 2.24) is 19.5 Å². The van der Waals surface area contributed by atoms with Gasteiger partial charge < -0.3 is 34.6 Å². The number of pyridine rings is 2. The smallest absolute Gasteiger partial charge is 0.247 e. The quantitative estimate of drug-likeness (QED) is 0.113. The van der Waals surface area contributed by atoms with Gasteiger partial charge in [-0.05, 0) is 87.4 Å². The first-order chi connectivity index (χ1) is 25.9. The Bertz CT molecular complexity index is 2210. The van der Waals surface area contributed by atoms with Crippen LogP contribution in [0.4, 0.5) is 11.4 Å². The molecule has 0 amide bonds. The monoisotopic (exact) mass is 708 g/mol. The van der Waals surface area contributed by atoms with E-state index in [1.165, 1.54) is 0 Å². The summed E-state index contributed by atoms with van der Waals surface area (Å²) in [5.74, 6) is 4.10. The van der Waals surface area contributed by atoms with Crippen molar-refractivity contribution in [3.63, 3.8) is 0 Å². The average molecular weight is 709 g/mol. The number of benzene rings is 4. The largest absolute Gasteiger partial charge is 0.492 e. The summed E-state index contributed by atoms with van der Waals surface area (Å²) in [7, 11) is 0. The van der Waals surface area contributed by atoms with Crippen LogP contribution >= 0.6 is 0 Å². The van der Waals surface area contributed by atoms with Gasteiger partial charge in [-0.2, -0.15) is 0 Å². The molecule has 53 heavy (non-hydrogen) atoms. The van der Waals surface area contributed by atoms with E-state index in [4.69, 9.17) is 24.7 Å². The van der Waals surface area contributed by atoms with E-state index in [9.17, 15) is 0 Å². The predicted octanol–water partition coefficient (Wildman–Crippen LogP) is 9.48. The summed E-state index contributed by atoms with van der Waals surface area (Å²) >= 11 is 0. The summed E-state index contributed by atoms with van der Waals surface area (Å²) in [5.41, 5.74) is 13.3. The van der Waals surface area contributed by atoms with Gasteiger partial charge in [0.2, 0.25) is 11.8 Å². The molecule has 0 radical (unpaired) electrons. The number of aromatic nitrogens is 4. The molecule has 0 saturated heterocycles. The van der Waals surface area contributed by atoms with Crippen molar-refractivity contribution in [2.45, 2.75) is 34.2 Å². The number of rotatable bonds is 13. The minimum Gasteiger partial charge on any atom is -0.492 e. The Morgan fingerprint density at radius 3 is 1.62 bits per heavy atom. The maximum absolute atomic E-state index is 6.30. The second-order valence-corrected chi connectivity index (χ2v) is 12.3. The van der Waals surface area contributed by atoms with E-state index in [-0.39, 0.29) is 0 Å². The number of hydrogen-bond acceptors (Lipinski definition) is 9. The highest BCUT2D eigenvalue weighted by Crippen LogP contribution is 2.35. The molecule has 0 unspecified atom stereocenters. The lowest BCUT2D eigenvalue weighted by Crippen LogP contribution is -2.14. The first kappa shape index (κ1) is 36.2. The van der Waals surface area contributed by atoms with Crippen LogP contribution in [0.1, 0.15) is 22.5 Å². The number of nitrogen functional groups attached to an aromatic ring is 1. The number of anilines is 2. The number of imidazole rings is 1. The number of nitrogens with zero attached hydrogens (tertiary/aromatic N) is 4. The molecule has 270 valence electrons. The molecule has 3 N–H and O–H groups in total. The van der Waals surface area contributed by atoms with Gasteiger partial charge in [0, 0.05) is 17.9 Å². The number of hydrogen-bond donors (Lipinski definition) is 2. The van der Waals surface area contributed by atoms with Crippen LogP contribution in [0.15, 0.2) is 128 Å². The topological polar surface area (TPSA) is 119 Å². The zero-order chi connectivity index (χ0) is 37.0. The summed E-state index contributed by atoms with van der Waals surface area (Å²) in [6.07, 6.45) is 1.82. The fourth-order valence-electron chi connectivity index (χ4n) is 5.57. The summed E-state index contributed by atoms with van der Waals surface area (Å²) in [5, 5.41) is 3.35. The Labute approximate surface area is 310 Å². The van der Waals surface area contributed by atoms with Gasteiger partial charge in [0.25, 0.3) is 0 Å². The van der Waals surface area contributed by atoms with Crippen LogP contribution in [0, 0.1) is 27.7 Å². The fraction of sp³-hybridized carbons (Fsp3) is 0.186. The van der Waals surface area contributed by atoms with Gasteiger partial charge in [-0.15, -0.1) is 0 Å². The van der Waals surface area contributed by atoms with Crippen LogP contribution in [-0.4, -0.2) is 39.3 Å². The van der Waals surface area contributed by atoms with E-state index in [1.807, 2.05) is 148 Å². The van der Waals surface area contributed by atoms with Gasteiger partial charge in [0.15, 0.2) is 5.52 Å². The second kappa shape index (κ2) is 17.6. The van der Waals surface area contributed by atoms with Crippen molar-refractivity contribution >= 4 is 22.4 Å². The van der Waals surface area contributed by atoms with Crippen LogP contribution in [0.2, 0.25) is 0 Å². The lowest BCUT2D eigenvalue weighted by atomic mass is 10.1. The van der Waals surface area contributed by atoms with Crippen LogP contribution in [-0.2, 0) is 6.54 Å². The van der Waals surface area contributed by atoms with Crippen molar-refractivity contribution in [3.05, 3.63) is 150 Å². The molecular weight excluding hydrogens is 665 g/mol. The van der Waals surface area contributed by atoms with Crippen LogP contribution in [0.3, 0.4) is 0 Å². The first-order valence-electron chi connectivity index (χ1n) is 17.5. The number of para-hydroxylation sites is 4. The molecule has 10 heteroatoms. The number of nitrogens with two attached hydrogens (primary N) is 1. The number of nitrogens with one attached hydrogen (secondary N) is 1. The fourth-order valence-corrected chi connectivity index (χ4v) is 5.57. The van der Waals surface area contributed by atoms with Crippen molar-refractivity contribution in [1.29, 1.82) is 0 Å². The van der Waals surface area contributed by atoms with Gasteiger partial charge in [0.1, 0.15) is 41.9 Å². The Morgan fingerprint density at radius 1 is 0.585 bits per heavy atom. The lowest BCUT2D eigenvalue weighted by Gasteiger charge is -2.17. The summed E-state index contributed by atoms with van der Waals surface area (Å²) < 4.78 is 25.5. The highest BCUT2D eigenvalue weighted by Gasteiger charge is 2.17. The molecule has 0 aliphatic heterocycles. The minimum absolute atomic E-state index is 0.408. The van der Waals surface area contributed by atoms with Crippen LogP contribution in [0.25, 0.3) is 11.0 Å². The van der Waals surface area contributed by atoms with Crippen molar-refractivity contribution < 1.29 is 18.9 Å². The standard InChI is InChI=1S/C22H21N3O2.C21H23N3O2/c1-16-17(2)24-22(27-19-11-7-4-8-12-19)20-21(16)25(15-23-20)13-14-26-18-9-5-3-6-10-18;1-15-16(2)24-21(26-18-11-7-4-8-12-18)19(22)20(15)23-13-14-25-17-9-5-3-6-10-17/h3-12,15H,13-14H2,1-2H3;3-12H,13-14,22H2,1-2H3,(H,23,24). The van der Waals surface area contributed by atoms with Crippen molar-refractivity contribution in [2.75, 3.05) is 30.8 Å². The minimum atomic E-state index is 0.408. The number of ether oxygens (including phenoxy) is 4. The SMILES string of the molecule is Cc1nc(Oc2ccccc2)c(N)c(NCCOc2ccccc2)c1C.Cc1nc(Oc2ccccc2)c2ncn(CCOc3ccccc3)c2c1C. The summed E-state index contributed by atoms with van der Waals surface area (Å²) in [6.45, 7) is 10.4. The van der Waals surface area contributed by atoms with Crippen molar-refractivity contribution in [2.24, 2.45) is 0 Å². The number of fused-ring (bicyclic) bond motifs is 1. The highest BCUT2D eigenvalue weighted by molar-refractivity contribution is 5.84. The van der Waals surface area contributed by atoms with Crippen LogP contribution < -0.4 is 30.0 Å². The van der Waals surface area contributed by atoms with E-state index in [0.717, 1.165) is 56.5 Å². The predicted molar refractivity (Wildman–Crippen MR) is 211 cm³/mol. The summed E-state index contributed by atoms with van der Waals surface area (Å²) in [6, 6.07) is 38.7. The Kier molecular flexibility index (Phi) is 12.0. The lowest BCUT2D eigenvalue weighted by molar-refractivity contribution is 0.300. The Balaban J connectivity index is 0.000000182. The molecule has 3 heterocycles. The zero-order valence-corrected chi connectivity index (χ0v) is 30.5. The zero-order valence-electron chi connectivity index (χ0n) is 30.5. The molecule has 10 nitrogen and oxygen atoms in total. The maximum Gasteiger partial charge on any atom is 0.247 e. The van der Waals surface area contributed by atoms with Crippen molar-refractivity contribution in [3.8, 4) is 34.8 Å². The molecule has 7 rings (SSSR count). The maximum atomic E-state index is 6.30. The van der Waals surface area contributed by atoms with Gasteiger partial charge in [-0.1, -0.05) is 72.8 Å². The molecule has 0 spiro atoms. The average Bonchev–Trinajstić information content (AvgIpc) is 3.62. The van der Waals surface area contributed by atoms with Crippen LogP contribution in [0.5, 0.6) is 34.8 Å². The molecule has 3 aromatic heterocycles. The molecule has 0 aliphatic carbocycles. The van der Waals surface area contributed by atoms with E-state index < -0.39 is 0 Å². The molecule has 0 aliphatic rings. The van der Waals surface area contributed by atoms with E-state index in [1.54, 1.807) is 0 Å². The molecule has 0 bridgehead atoms. The van der Waals surface area contributed by atoms with Gasteiger partial charge >= 0.3 is 0 Å². The first-order valence-corrected chi connectivity index (χ1v) is 17.5. The summed E-state index contributed by atoms with van der Waals surface area (Å²) in [4.78, 5) is 13.7.